The third kappa shape index (κ3) is 4.77. The van der Waals surface area contributed by atoms with E-state index in [4.69, 9.17) is 9.26 Å². The molecule has 0 unspecified atom stereocenters. The first-order valence-electron chi connectivity index (χ1n) is 9.41. The second-order valence-electron chi connectivity index (χ2n) is 6.76. The molecule has 2 heterocycles. The van der Waals surface area contributed by atoms with E-state index < -0.39 is 11.7 Å². The number of rotatable bonds is 7. The Bertz CT molecular complexity index is 1220. The van der Waals surface area contributed by atoms with E-state index in [1.807, 2.05) is 0 Å². The van der Waals surface area contributed by atoms with Crippen molar-refractivity contribution in [3.8, 4) is 5.75 Å². The summed E-state index contributed by atoms with van der Waals surface area (Å²) in [5.41, 5.74) is 0.956. The normalized spacial score (nSPS) is 10.8. The molecule has 0 aliphatic carbocycles. The molecule has 1 N–H and O–H groups in total. The summed E-state index contributed by atoms with van der Waals surface area (Å²) in [5, 5.41) is 10.7. The Morgan fingerprint density at radius 2 is 2.00 bits per heavy atom. The van der Waals surface area contributed by atoms with Gasteiger partial charge in [0.2, 0.25) is 0 Å². The van der Waals surface area contributed by atoms with Crippen molar-refractivity contribution < 1.29 is 22.8 Å². The van der Waals surface area contributed by atoms with E-state index in [0.29, 0.717) is 22.6 Å². The van der Waals surface area contributed by atoms with E-state index in [0.717, 1.165) is 0 Å². The average Bonchev–Trinajstić information content (AvgIpc) is 3.34. The Kier molecular flexibility index (Phi) is 5.74. The standard InChI is InChI=1S/C22H18F2N4O3/c1-14-18(13-30-17-7-4-6-16(23)11-17)21(27-31-14)22(29)25-20-9-10-28(26-20)12-15-5-2-3-8-19(15)24/h2-11H,12-13H2,1H3,(H,25,26,29). The number of aromatic nitrogens is 3. The van der Waals surface area contributed by atoms with E-state index in [2.05, 4.69) is 15.6 Å². The summed E-state index contributed by atoms with van der Waals surface area (Å²) in [6, 6.07) is 13.7. The predicted octanol–water partition coefficient (Wildman–Crippen LogP) is 4.34. The minimum absolute atomic E-state index is 0.0245. The van der Waals surface area contributed by atoms with E-state index in [9.17, 15) is 13.6 Å². The lowest BCUT2D eigenvalue weighted by Crippen LogP contribution is -2.16. The summed E-state index contributed by atoms with van der Waals surface area (Å²) < 4.78 is 39.3. The van der Waals surface area contributed by atoms with Crippen molar-refractivity contribution in [2.75, 3.05) is 5.32 Å². The largest absolute Gasteiger partial charge is 0.489 e. The van der Waals surface area contributed by atoms with Crippen LogP contribution in [-0.2, 0) is 13.2 Å². The van der Waals surface area contributed by atoms with Crippen LogP contribution in [0, 0.1) is 18.6 Å². The van der Waals surface area contributed by atoms with Crippen molar-refractivity contribution >= 4 is 11.7 Å². The minimum Gasteiger partial charge on any atom is -0.489 e. The van der Waals surface area contributed by atoms with Gasteiger partial charge in [0.25, 0.3) is 5.91 Å². The van der Waals surface area contributed by atoms with Crippen molar-refractivity contribution in [3.63, 3.8) is 0 Å². The molecule has 0 aliphatic heterocycles. The molecule has 4 rings (SSSR count). The first kappa shape index (κ1) is 20.3. The van der Waals surface area contributed by atoms with Crippen molar-refractivity contribution in [2.24, 2.45) is 0 Å². The van der Waals surface area contributed by atoms with Crippen LogP contribution in [0.4, 0.5) is 14.6 Å². The Hall–Kier alpha value is -4.01. The fraction of sp³-hybridized carbons (Fsp3) is 0.136. The molecule has 2 aromatic carbocycles. The predicted molar refractivity (Wildman–Crippen MR) is 108 cm³/mol. The molecule has 9 heteroatoms. The van der Waals surface area contributed by atoms with Crippen LogP contribution in [0.15, 0.2) is 65.3 Å². The number of nitrogens with zero attached hydrogens (tertiary/aromatic N) is 3. The molecule has 158 valence electrons. The Balaban J connectivity index is 1.43. The third-order valence-corrected chi connectivity index (χ3v) is 4.55. The zero-order valence-electron chi connectivity index (χ0n) is 16.5. The summed E-state index contributed by atoms with van der Waals surface area (Å²) in [5.74, 6) is -0.289. The van der Waals surface area contributed by atoms with Crippen molar-refractivity contribution in [2.45, 2.75) is 20.1 Å². The summed E-state index contributed by atoms with van der Waals surface area (Å²) in [6.45, 7) is 1.85. The van der Waals surface area contributed by atoms with Crippen LogP contribution in [0.3, 0.4) is 0 Å². The summed E-state index contributed by atoms with van der Waals surface area (Å²) in [6.07, 6.45) is 1.63. The summed E-state index contributed by atoms with van der Waals surface area (Å²) >= 11 is 0. The van der Waals surface area contributed by atoms with Crippen LogP contribution in [0.2, 0.25) is 0 Å². The summed E-state index contributed by atoms with van der Waals surface area (Å²) in [7, 11) is 0. The molecule has 0 atom stereocenters. The van der Waals surface area contributed by atoms with Gasteiger partial charge in [-0.05, 0) is 25.1 Å². The van der Waals surface area contributed by atoms with Crippen LogP contribution in [0.1, 0.15) is 27.4 Å². The molecule has 1 amide bonds. The lowest BCUT2D eigenvalue weighted by atomic mass is 10.2. The number of carbonyl (C=O) groups is 1. The molecule has 0 fully saturated rings. The number of nitrogens with one attached hydrogen (secondary N) is 1. The molecule has 0 radical (unpaired) electrons. The number of hydrogen-bond acceptors (Lipinski definition) is 5. The monoisotopic (exact) mass is 424 g/mol. The molecule has 31 heavy (non-hydrogen) atoms. The van der Waals surface area contributed by atoms with Crippen LogP contribution < -0.4 is 10.1 Å². The van der Waals surface area contributed by atoms with Crippen LogP contribution >= 0.6 is 0 Å². The van der Waals surface area contributed by atoms with Crippen molar-refractivity contribution in [1.29, 1.82) is 0 Å². The van der Waals surface area contributed by atoms with Gasteiger partial charge in [-0.2, -0.15) is 5.10 Å². The maximum absolute atomic E-state index is 13.8. The second kappa shape index (κ2) is 8.78. The number of benzene rings is 2. The lowest BCUT2D eigenvalue weighted by Gasteiger charge is -2.07. The fourth-order valence-corrected chi connectivity index (χ4v) is 2.94. The van der Waals surface area contributed by atoms with Gasteiger partial charge in [-0.15, -0.1) is 0 Å². The second-order valence-corrected chi connectivity index (χ2v) is 6.76. The molecular formula is C22H18F2N4O3. The number of ether oxygens (including phenoxy) is 1. The van der Waals surface area contributed by atoms with Gasteiger partial charge >= 0.3 is 0 Å². The Morgan fingerprint density at radius 3 is 2.81 bits per heavy atom. The molecule has 0 aliphatic rings. The highest BCUT2D eigenvalue weighted by molar-refractivity contribution is 6.03. The molecule has 7 nitrogen and oxygen atoms in total. The van der Waals surface area contributed by atoms with Gasteiger partial charge in [-0.1, -0.05) is 29.4 Å². The van der Waals surface area contributed by atoms with Gasteiger partial charge in [0.05, 0.1) is 12.1 Å². The van der Waals surface area contributed by atoms with Crippen LogP contribution in [-0.4, -0.2) is 20.8 Å². The number of anilines is 1. The van der Waals surface area contributed by atoms with Gasteiger partial charge in [0, 0.05) is 23.9 Å². The van der Waals surface area contributed by atoms with Crippen molar-refractivity contribution in [1.82, 2.24) is 14.9 Å². The molecule has 0 saturated heterocycles. The zero-order chi connectivity index (χ0) is 21.8. The number of carbonyl (C=O) groups excluding carboxylic acids is 1. The summed E-state index contributed by atoms with van der Waals surface area (Å²) in [4.78, 5) is 12.7. The third-order valence-electron chi connectivity index (χ3n) is 4.55. The number of hydrogen-bond donors (Lipinski definition) is 1. The number of aryl methyl sites for hydroxylation is 1. The highest BCUT2D eigenvalue weighted by Gasteiger charge is 2.21. The maximum Gasteiger partial charge on any atom is 0.279 e. The quantitative estimate of drug-likeness (QED) is 0.477. The molecule has 0 bridgehead atoms. The van der Waals surface area contributed by atoms with Gasteiger partial charge < -0.3 is 14.6 Å². The average molecular weight is 424 g/mol. The van der Waals surface area contributed by atoms with Crippen LogP contribution in [0.5, 0.6) is 5.75 Å². The van der Waals surface area contributed by atoms with Gasteiger partial charge in [0.1, 0.15) is 29.8 Å². The molecule has 0 spiro atoms. The topological polar surface area (TPSA) is 82.2 Å². The van der Waals surface area contributed by atoms with E-state index in [-0.39, 0.29) is 30.5 Å². The van der Waals surface area contributed by atoms with Gasteiger partial charge in [-0.25, -0.2) is 8.78 Å². The lowest BCUT2D eigenvalue weighted by molar-refractivity contribution is 0.101. The highest BCUT2D eigenvalue weighted by atomic mass is 19.1. The van der Waals surface area contributed by atoms with Crippen molar-refractivity contribution in [3.05, 3.63) is 95.0 Å². The van der Waals surface area contributed by atoms with Gasteiger partial charge in [0.15, 0.2) is 11.5 Å². The smallest absolute Gasteiger partial charge is 0.279 e. The Morgan fingerprint density at radius 1 is 1.16 bits per heavy atom. The molecule has 4 aromatic rings. The highest BCUT2D eigenvalue weighted by Crippen LogP contribution is 2.20. The SMILES string of the molecule is Cc1onc(C(=O)Nc2ccn(Cc3ccccc3F)n2)c1COc1cccc(F)c1. The minimum atomic E-state index is -0.536. The van der Waals surface area contributed by atoms with E-state index in [1.54, 1.807) is 43.5 Å². The fourth-order valence-electron chi connectivity index (χ4n) is 2.94. The molecule has 0 saturated carbocycles. The maximum atomic E-state index is 13.8. The first-order valence-corrected chi connectivity index (χ1v) is 9.41. The number of amides is 1. The van der Waals surface area contributed by atoms with Gasteiger partial charge in [-0.3, -0.25) is 9.48 Å². The number of halogens is 2. The molecular weight excluding hydrogens is 406 g/mol. The van der Waals surface area contributed by atoms with E-state index >= 15 is 0 Å². The first-order chi connectivity index (χ1) is 15.0. The Labute approximate surface area is 176 Å². The zero-order valence-corrected chi connectivity index (χ0v) is 16.5. The van der Waals surface area contributed by atoms with E-state index in [1.165, 1.54) is 28.9 Å². The van der Waals surface area contributed by atoms with Crippen LogP contribution in [0.25, 0.3) is 0 Å². The molecule has 2 aromatic heterocycles.